The third-order valence-corrected chi connectivity index (χ3v) is 4.20. The summed E-state index contributed by atoms with van der Waals surface area (Å²) >= 11 is 0. The van der Waals surface area contributed by atoms with Crippen LogP contribution in [0.2, 0.25) is 0 Å². The number of rotatable bonds is 5. The molecular weight excluding hydrogens is 288 g/mol. The fraction of sp³-hybridized carbons (Fsp3) is 0.389. The molecule has 0 spiro atoms. The van der Waals surface area contributed by atoms with Crippen molar-refractivity contribution in [2.24, 2.45) is 0 Å². The first kappa shape index (κ1) is 15.6. The van der Waals surface area contributed by atoms with Gasteiger partial charge in [0.15, 0.2) is 5.82 Å². The molecule has 0 amide bonds. The average molecular weight is 310 g/mol. The maximum absolute atomic E-state index is 5.78. The standard InChI is InChI=1S/C18H22N4O/c1-4-11-23-16-7-10-22(12-16)18-13(2)14(3)20-17(21-18)15-5-8-19-9-6-15/h4-6,8-9,16H,1,7,10-12H2,2-3H3. The maximum atomic E-state index is 5.78. The van der Waals surface area contributed by atoms with E-state index in [-0.39, 0.29) is 6.10 Å². The quantitative estimate of drug-likeness (QED) is 0.795. The molecule has 0 radical (unpaired) electrons. The van der Waals surface area contributed by atoms with Crippen molar-refractivity contribution >= 4 is 5.82 Å². The lowest BCUT2D eigenvalue weighted by Gasteiger charge is -2.21. The minimum Gasteiger partial charge on any atom is -0.372 e. The molecule has 0 saturated carbocycles. The largest absolute Gasteiger partial charge is 0.372 e. The van der Waals surface area contributed by atoms with Crippen molar-refractivity contribution in [2.45, 2.75) is 26.4 Å². The fourth-order valence-corrected chi connectivity index (χ4v) is 2.81. The van der Waals surface area contributed by atoms with E-state index < -0.39 is 0 Å². The van der Waals surface area contributed by atoms with Crippen LogP contribution in [0.4, 0.5) is 5.82 Å². The number of nitrogens with zero attached hydrogens (tertiary/aromatic N) is 4. The summed E-state index contributed by atoms with van der Waals surface area (Å²) in [4.78, 5) is 15.8. The van der Waals surface area contributed by atoms with Gasteiger partial charge in [0.1, 0.15) is 5.82 Å². The van der Waals surface area contributed by atoms with E-state index in [1.54, 1.807) is 18.5 Å². The molecule has 1 unspecified atom stereocenters. The van der Waals surface area contributed by atoms with Crippen LogP contribution < -0.4 is 4.90 Å². The van der Waals surface area contributed by atoms with E-state index >= 15 is 0 Å². The Labute approximate surface area is 137 Å². The normalized spacial score (nSPS) is 17.5. The summed E-state index contributed by atoms with van der Waals surface area (Å²) in [5.74, 6) is 1.76. The van der Waals surface area contributed by atoms with Gasteiger partial charge in [0.2, 0.25) is 0 Å². The Morgan fingerprint density at radius 3 is 2.83 bits per heavy atom. The van der Waals surface area contributed by atoms with Gasteiger partial charge in [0.05, 0.1) is 12.7 Å². The second-order valence-corrected chi connectivity index (χ2v) is 5.80. The smallest absolute Gasteiger partial charge is 0.161 e. The van der Waals surface area contributed by atoms with Crippen molar-refractivity contribution in [3.63, 3.8) is 0 Å². The predicted octanol–water partition coefficient (Wildman–Crippen LogP) is 2.94. The van der Waals surface area contributed by atoms with Crippen LogP contribution in [0.5, 0.6) is 0 Å². The Hall–Kier alpha value is -2.27. The van der Waals surface area contributed by atoms with Crippen molar-refractivity contribution < 1.29 is 4.74 Å². The molecule has 2 aromatic rings. The molecule has 0 aliphatic carbocycles. The first-order valence-electron chi connectivity index (χ1n) is 7.92. The van der Waals surface area contributed by atoms with E-state index in [2.05, 4.69) is 28.4 Å². The van der Waals surface area contributed by atoms with E-state index in [1.807, 2.05) is 19.1 Å². The number of aromatic nitrogens is 3. The summed E-state index contributed by atoms with van der Waals surface area (Å²) in [6, 6.07) is 3.88. The second kappa shape index (κ2) is 6.87. The molecule has 120 valence electrons. The van der Waals surface area contributed by atoms with Gasteiger partial charge >= 0.3 is 0 Å². The zero-order valence-electron chi connectivity index (χ0n) is 13.7. The minimum absolute atomic E-state index is 0.243. The summed E-state index contributed by atoms with van der Waals surface area (Å²) in [5, 5.41) is 0. The number of aryl methyl sites for hydroxylation is 1. The van der Waals surface area contributed by atoms with E-state index in [0.717, 1.165) is 48.0 Å². The van der Waals surface area contributed by atoms with Gasteiger partial charge in [-0.2, -0.15) is 0 Å². The lowest BCUT2D eigenvalue weighted by atomic mass is 10.2. The van der Waals surface area contributed by atoms with Gasteiger partial charge in [-0.3, -0.25) is 4.98 Å². The molecule has 5 heteroatoms. The van der Waals surface area contributed by atoms with Gasteiger partial charge in [-0.15, -0.1) is 6.58 Å². The van der Waals surface area contributed by atoms with Crippen LogP contribution in [0, 0.1) is 13.8 Å². The van der Waals surface area contributed by atoms with Crippen molar-refractivity contribution in [2.75, 3.05) is 24.6 Å². The number of hydrogen-bond acceptors (Lipinski definition) is 5. The van der Waals surface area contributed by atoms with Crippen LogP contribution in [0.1, 0.15) is 17.7 Å². The van der Waals surface area contributed by atoms with Gasteiger partial charge in [-0.25, -0.2) is 9.97 Å². The Morgan fingerprint density at radius 2 is 2.09 bits per heavy atom. The second-order valence-electron chi connectivity index (χ2n) is 5.80. The SMILES string of the molecule is C=CCOC1CCN(c2nc(-c3ccncc3)nc(C)c2C)C1. The molecule has 1 atom stereocenters. The van der Waals surface area contributed by atoms with Crippen molar-refractivity contribution in [1.29, 1.82) is 0 Å². The Morgan fingerprint density at radius 1 is 1.30 bits per heavy atom. The summed E-state index contributed by atoms with van der Waals surface area (Å²) in [6.45, 7) is 10.2. The first-order chi connectivity index (χ1) is 11.2. The van der Waals surface area contributed by atoms with Gasteiger partial charge in [0.25, 0.3) is 0 Å². The molecule has 5 nitrogen and oxygen atoms in total. The van der Waals surface area contributed by atoms with Crippen LogP contribution in [0.15, 0.2) is 37.2 Å². The van der Waals surface area contributed by atoms with Gasteiger partial charge in [0, 0.05) is 42.3 Å². The molecule has 3 rings (SSSR count). The van der Waals surface area contributed by atoms with Crippen LogP contribution in [0.25, 0.3) is 11.4 Å². The lowest BCUT2D eigenvalue weighted by Crippen LogP contribution is -2.25. The first-order valence-corrected chi connectivity index (χ1v) is 7.92. The Balaban J connectivity index is 1.87. The van der Waals surface area contributed by atoms with E-state index in [1.165, 1.54) is 0 Å². The summed E-state index contributed by atoms with van der Waals surface area (Å²) < 4.78 is 5.78. The zero-order valence-corrected chi connectivity index (χ0v) is 13.7. The average Bonchev–Trinajstić information content (AvgIpc) is 3.05. The molecule has 1 aliphatic heterocycles. The van der Waals surface area contributed by atoms with E-state index in [0.29, 0.717) is 6.61 Å². The van der Waals surface area contributed by atoms with Crippen molar-refractivity contribution in [3.8, 4) is 11.4 Å². The number of hydrogen-bond donors (Lipinski definition) is 0. The molecule has 0 bridgehead atoms. The topological polar surface area (TPSA) is 51.1 Å². The predicted molar refractivity (Wildman–Crippen MR) is 91.5 cm³/mol. The fourth-order valence-electron chi connectivity index (χ4n) is 2.81. The maximum Gasteiger partial charge on any atom is 0.161 e. The van der Waals surface area contributed by atoms with Gasteiger partial charge in [-0.05, 0) is 32.4 Å². The summed E-state index contributed by atoms with van der Waals surface area (Å²) in [7, 11) is 0. The molecule has 2 aromatic heterocycles. The molecule has 1 aliphatic rings. The highest BCUT2D eigenvalue weighted by atomic mass is 16.5. The van der Waals surface area contributed by atoms with Crippen molar-refractivity contribution in [3.05, 3.63) is 48.4 Å². The van der Waals surface area contributed by atoms with Crippen LogP contribution in [0.3, 0.4) is 0 Å². The highest BCUT2D eigenvalue weighted by molar-refractivity contribution is 5.60. The number of pyridine rings is 1. The molecule has 1 fully saturated rings. The minimum atomic E-state index is 0.243. The number of anilines is 1. The summed E-state index contributed by atoms with van der Waals surface area (Å²) in [5.41, 5.74) is 3.13. The van der Waals surface area contributed by atoms with Gasteiger partial charge < -0.3 is 9.64 Å². The van der Waals surface area contributed by atoms with Crippen LogP contribution in [-0.4, -0.2) is 40.8 Å². The van der Waals surface area contributed by atoms with Crippen LogP contribution in [-0.2, 0) is 4.74 Å². The van der Waals surface area contributed by atoms with E-state index in [4.69, 9.17) is 9.72 Å². The Bertz CT molecular complexity index is 687. The van der Waals surface area contributed by atoms with Gasteiger partial charge in [-0.1, -0.05) is 6.08 Å². The molecule has 1 saturated heterocycles. The molecule has 0 N–H and O–H groups in total. The molecule has 3 heterocycles. The molecule has 23 heavy (non-hydrogen) atoms. The third kappa shape index (κ3) is 3.40. The lowest BCUT2D eigenvalue weighted by molar-refractivity contribution is 0.0909. The molecule has 0 aromatic carbocycles. The zero-order chi connectivity index (χ0) is 16.2. The Kier molecular flexibility index (Phi) is 4.67. The van der Waals surface area contributed by atoms with E-state index in [9.17, 15) is 0 Å². The highest BCUT2D eigenvalue weighted by Gasteiger charge is 2.26. The number of ether oxygens (including phenoxy) is 1. The molecular formula is C18H22N4O. The summed E-state index contributed by atoms with van der Waals surface area (Å²) in [6.07, 6.45) is 6.59. The van der Waals surface area contributed by atoms with Crippen LogP contribution >= 0.6 is 0 Å². The highest BCUT2D eigenvalue weighted by Crippen LogP contribution is 2.27. The third-order valence-electron chi connectivity index (χ3n) is 4.20. The van der Waals surface area contributed by atoms with Crippen molar-refractivity contribution in [1.82, 2.24) is 15.0 Å². The monoisotopic (exact) mass is 310 g/mol.